The Balaban J connectivity index is 0.000000167. The van der Waals surface area contributed by atoms with Crippen LogP contribution in [0.1, 0.15) is 76.0 Å². The molecule has 60 heavy (non-hydrogen) atoms. The van der Waals surface area contributed by atoms with E-state index in [1.165, 1.54) is 28.9 Å². The molecule has 1 aromatic carbocycles. The number of benzene rings is 1. The predicted octanol–water partition coefficient (Wildman–Crippen LogP) is 5.34. The quantitative estimate of drug-likeness (QED) is 0.0844. The summed E-state index contributed by atoms with van der Waals surface area (Å²) < 4.78 is 36.6. The standard InChI is InChI=1S/C21H18F2N6O2.C19H20ClN5O4/c22-15-2-1-3-16(23)14(15)10-24-17-8-18(26-13-4-5-13)29-20(27-17)12(9-25-29)6-11-7-19(30)28-21(11)31;1-19(2,3)29-18(28)24(12-4-5-12)15-8-13(20)22-16-11(9-21-25(15)16)6-10-7-14(26)23-17(10)27/h1-3,6,8-9,13,26H,4-5,7,10H2,(H,24,27)(H,28,30,31);6,8-9,12H,4-5,7H2,1-3H3,(H,23,26,27)/b11-6+;10-6+. The number of nitrogens with one attached hydrogen (secondary N) is 4. The second kappa shape index (κ2) is 15.8. The second-order valence-corrected chi connectivity index (χ2v) is 16.0. The van der Waals surface area contributed by atoms with Gasteiger partial charge in [-0.3, -0.25) is 34.7 Å². The van der Waals surface area contributed by atoms with Crippen molar-refractivity contribution in [3.05, 3.63) is 87.3 Å². The van der Waals surface area contributed by atoms with Crippen LogP contribution in [0.15, 0.2) is 53.9 Å². The van der Waals surface area contributed by atoms with E-state index in [1.54, 1.807) is 60.7 Å². The number of carbonyl (C=O) groups excluding carboxylic acids is 5. The van der Waals surface area contributed by atoms with Gasteiger partial charge in [0.05, 0.1) is 25.2 Å². The smallest absolute Gasteiger partial charge is 0.416 e. The SMILES string of the molecule is CC(C)(C)OC(=O)N(c1cc(Cl)nc2c(/C=C3\CC(=O)NC3=O)cnn12)C1CC1.O=C1C/C(=C\c2cnn3c(NC4CC4)cc(NCc4c(F)cccc4F)nc23)C(=O)N1. The number of nitrogens with zero attached hydrogens (tertiary/aromatic N) is 7. The molecule has 0 bridgehead atoms. The van der Waals surface area contributed by atoms with Crippen molar-refractivity contribution in [2.45, 2.75) is 83.5 Å². The lowest BCUT2D eigenvalue weighted by molar-refractivity contribution is -0.125. The van der Waals surface area contributed by atoms with Gasteiger partial charge in [-0.25, -0.2) is 23.5 Å². The maximum Gasteiger partial charge on any atom is 0.416 e. The van der Waals surface area contributed by atoms with Crippen molar-refractivity contribution in [2.24, 2.45) is 0 Å². The van der Waals surface area contributed by atoms with Gasteiger partial charge in [-0.2, -0.15) is 19.2 Å². The van der Waals surface area contributed by atoms with Crippen LogP contribution in [0.5, 0.6) is 0 Å². The molecule has 5 aromatic rings. The Morgan fingerprint density at radius 3 is 2.02 bits per heavy atom. The Hall–Kier alpha value is -6.76. The first-order valence-corrected chi connectivity index (χ1v) is 19.5. The highest BCUT2D eigenvalue weighted by Crippen LogP contribution is 2.35. The number of ether oxygens (including phenoxy) is 1. The zero-order chi connectivity index (χ0) is 42.5. The Bertz CT molecular complexity index is 2660. The van der Waals surface area contributed by atoms with E-state index < -0.39 is 35.1 Å². The molecule has 2 saturated carbocycles. The molecule has 0 spiro atoms. The summed E-state index contributed by atoms with van der Waals surface area (Å²) in [7, 11) is 0. The first-order chi connectivity index (χ1) is 28.6. The fourth-order valence-electron chi connectivity index (χ4n) is 6.49. The number of amides is 5. The van der Waals surface area contributed by atoms with E-state index in [1.807, 2.05) is 0 Å². The predicted molar refractivity (Wildman–Crippen MR) is 215 cm³/mol. The highest BCUT2D eigenvalue weighted by atomic mass is 35.5. The Labute approximate surface area is 345 Å². The third-order valence-corrected chi connectivity index (χ3v) is 9.78. The molecule has 4 aliphatic rings. The van der Waals surface area contributed by atoms with Gasteiger partial charge in [0, 0.05) is 58.6 Å². The Morgan fingerprint density at radius 1 is 0.900 bits per heavy atom. The minimum atomic E-state index is -0.651. The summed E-state index contributed by atoms with van der Waals surface area (Å²) in [4.78, 5) is 69.9. The second-order valence-electron chi connectivity index (χ2n) is 15.6. The molecule has 4 N–H and O–H groups in total. The van der Waals surface area contributed by atoms with E-state index >= 15 is 0 Å². The number of imide groups is 2. The van der Waals surface area contributed by atoms with Crippen LogP contribution in [-0.2, 0) is 30.5 Å². The molecule has 0 atom stereocenters. The first kappa shape index (κ1) is 40.0. The molecule has 6 heterocycles. The third kappa shape index (κ3) is 8.80. The summed E-state index contributed by atoms with van der Waals surface area (Å²) in [6, 6.07) is 7.32. The van der Waals surface area contributed by atoms with E-state index in [9.17, 15) is 32.8 Å². The van der Waals surface area contributed by atoms with Gasteiger partial charge in [-0.15, -0.1) is 0 Å². The van der Waals surface area contributed by atoms with Crippen molar-refractivity contribution in [1.82, 2.24) is 39.8 Å². The van der Waals surface area contributed by atoms with Crippen molar-refractivity contribution in [3.63, 3.8) is 0 Å². The minimum Gasteiger partial charge on any atom is -0.443 e. The maximum absolute atomic E-state index is 14.0. The third-order valence-electron chi connectivity index (χ3n) is 9.59. The van der Waals surface area contributed by atoms with Crippen molar-refractivity contribution in [2.75, 3.05) is 15.5 Å². The van der Waals surface area contributed by atoms with E-state index in [4.69, 9.17) is 16.3 Å². The van der Waals surface area contributed by atoms with E-state index in [2.05, 4.69) is 41.4 Å². The summed E-state index contributed by atoms with van der Waals surface area (Å²) in [6.07, 6.45) is 9.49. The Morgan fingerprint density at radius 2 is 1.48 bits per heavy atom. The maximum atomic E-state index is 14.0. The lowest BCUT2D eigenvalue weighted by atomic mass is 10.1. The summed E-state index contributed by atoms with van der Waals surface area (Å²) in [5.41, 5.74) is 1.81. The van der Waals surface area contributed by atoms with Crippen molar-refractivity contribution in [3.8, 4) is 0 Å². The van der Waals surface area contributed by atoms with Crippen molar-refractivity contribution in [1.29, 1.82) is 0 Å². The van der Waals surface area contributed by atoms with Crippen LogP contribution in [0.2, 0.25) is 5.15 Å². The van der Waals surface area contributed by atoms with Gasteiger partial charge in [-0.05, 0) is 70.7 Å². The number of halogens is 3. The van der Waals surface area contributed by atoms with E-state index in [0.29, 0.717) is 57.1 Å². The van der Waals surface area contributed by atoms with Crippen LogP contribution in [0.4, 0.5) is 31.0 Å². The lowest BCUT2D eigenvalue weighted by Crippen LogP contribution is -2.39. The van der Waals surface area contributed by atoms with Crippen LogP contribution in [0.3, 0.4) is 0 Å². The number of anilines is 3. The van der Waals surface area contributed by atoms with Crippen LogP contribution in [0.25, 0.3) is 23.4 Å². The van der Waals surface area contributed by atoms with Gasteiger partial charge >= 0.3 is 6.09 Å². The zero-order valence-corrected chi connectivity index (χ0v) is 33.3. The molecule has 5 amide bonds. The summed E-state index contributed by atoms with van der Waals surface area (Å²) >= 11 is 6.24. The summed E-state index contributed by atoms with van der Waals surface area (Å²) in [5.74, 6) is -1.37. The lowest BCUT2D eigenvalue weighted by Gasteiger charge is -2.27. The average Bonchev–Trinajstić information content (AvgIpc) is 4.04. The fraction of sp³-hybridized carbons (Fsp3) is 0.325. The molecule has 2 saturated heterocycles. The topological polar surface area (TPSA) is 206 Å². The van der Waals surface area contributed by atoms with E-state index in [-0.39, 0.29) is 48.0 Å². The highest BCUT2D eigenvalue weighted by Gasteiger charge is 2.38. The van der Waals surface area contributed by atoms with Gasteiger partial charge < -0.3 is 15.4 Å². The van der Waals surface area contributed by atoms with Crippen LogP contribution in [-0.4, -0.2) is 76.6 Å². The number of hydrogen-bond donors (Lipinski definition) is 4. The number of carbonyl (C=O) groups is 5. The summed E-state index contributed by atoms with van der Waals surface area (Å²) in [5, 5.41) is 19.7. The molecule has 0 unspecified atom stereocenters. The fourth-order valence-corrected chi connectivity index (χ4v) is 6.67. The number of rotatable bonds is 9. The van der Waals surface area contributed by atoms with Gasteiger partial charge in [0.15, 0.2) is 11.3 Å². The molecule has 2 aliphatic carbocycles. The van der Waals surface area contributed by atoms with Gasteiger partial charge in [0.25, 0.3) is 11.8 Å². The van der Waals surface area contributed by atoms with Gasteiger partial charge in [0.1, 0.15) is 39.8 Å². The minimum absolute atomic E-state index is 0.00393. The van der Waals surface area contributed by atoms with Crippen LogP contribution >= 0.6 is 11.6 Å². The average molecular weight is 842 g/mol. The first-order valence-electron chi connectivity index (χ1n) is 19.1. The van der Waals surface area contributed by atoms with Gasteiger partial charge in [-0.1, -0.05) is 17.7 Å². The van der Waals surface area contributed by atoms with Crippen LogP contribution < -0.4 is 26.2 Å². The van der Waals surface area contributed by atoms with Crippen LogP contribution in [0, 0.1) is 11.6 Å². The molecule has 9 rings (SSSR count). The molecule has 4 aromatic heterocycles. The Kier molecular flexibility index (Phi) is 10.5. The van der Waals surface area contributed by atoms with E-state index in [0.717, 1.165) is 25.7 Å². The molecular formula is C40H38ClF2N11O6. The molecule has 0 radical (unpaired) electrons. The zero-order valence-electron chi connectivity index (χ0n) is 32.5. The monoisotopic (exact) mass is 841 g/mol. The number of hydrogen-bond acceptors (Lipinski definition) is 12. The normalized spacial score (nSPS) is 17.9. The molecule has 4 fully saturated rings. The number of aromatic nitrogens is 6. The van der Waals surface area contributed by atoms with Crippen molar-refractivity contribution < 1.29 is 37.5 Å². The molecule has 17 nitrogen and oxygen atoms in total. The summed E-state index contributed by atoms with van der Waals surface area (Å²) in [6.45, 7) is 5.32. The largest absolute Gasteiger partial charge is 0.443 e. The molecule has 20 heteroatoms. The molecular weight excluding hydrogens is 804 g/mol. The van der Waals surface area contributed by atoms with Gasteiger partial charge in [0.2, 0.25) is 11.8 Å². The highest BCUT2D eigenvalue weighted by molar-refractivity contribution is 6.30. The number of fused-ring (bicyclic) bond motifs is 2. The molecule has 310 valence electrons. The van der Waals surface area contributed by atoms with Crippen molar-refractivity contribution >= 4 is 82.2 Å². The molecule has 2 aliphatic heterocycles.